The molecule has 22 heavy (non-hydrogen) atoms. The Hall–Kier alpha value is -1.65. The Balaban J connectivity index is 2.53. The van der Waals surface area contributed by atoms with E-state index in [9.17, 15) is 26.4 Å². The third-order valence-electron chi connectivity index (χ3n) is 3.09. The van der Waals surface area contributed by atoms with Gasteiger partial charge in [-0.3, -0.25) is 0 Å². The highest BCUT2D eigenvalue weighted by Crippen LogP contribution is 2.32. The van der Waals surface area contributed by atoms with Gasteiger partial charge < -0.3 is 9.84 Å². The molecule has 1 aromatic rings. The van der Waals surface area contributed by atoms with Gasteiger partial charge in [-0.1, -0.05) is 0 Å². The molecule has 0 amide bonds. The van der Waals surface area contributed by atoms with Crippen molar-refractivity contribution >= 4 is 16.0 Å². The maximum atomic E-state index is 12.8. The van der Waals surface area contributed by atoms with Crippen LogP contribution in [0.1, 0.15) is 15.9 Å². The average Bonchev–Trinajstić information content (AvgIpc) is 2.46. The van der Waals surface area contributed by atoms with Crippen LogP contribution < -0.4 is 0 Å². The minimum Gasteiger partial charge on any atom is -0.478 e. The fraction of sp³-hybridized carbons (Fsp3) is 0.417. The molecule has 1 heterocycles. The molecular weight excluding hydrogens is 327 g/mol. The number of benzene rings is 1. The van der Waals surface area contributed by atoms with Gasteiger partial charge in [0, 0.05) is 13.1 Å². The SMILES string of the molecule is O=C(O)c1cc(C(F)(F)F)cc(S(=O)(=O)N2CCOCC2)c1. The number of sulfonamides is 1. The van der Waals surface area contributed by atoms with Crippen molar-refractivity contribution < 1.29 is 36.2 Å². The lowest BCUT2D eigenvalue weighted by Gasteiger charge is -2.26. The first-order valence-corrected chi connectivity index (χ1v) is 7.60. The number of carboxylic acid groups (broad SMARTS) is 1. The van der Waals surface area contributed by atoms with Gasteiger partial charge in [0.2, 0.25) is 10.0 Å². The Bertz CT molecular complexity index is 680. The summed E-state index contributed by atoms with van der Waals surface area (Å²) in [6.07, 6.45) is -4.85. The lowest BCUT2D eigenvalue weighted by atomic mass is 10.1. The number of hydrogen-bond acceptors (Lipinski definition) is 4. The summed E-state index contributed by atoms with van der Waals surface area (Å²) < 4.78 is 69.1. The molecule has 1 aromatic carbocycles. The summed E-state index contributed by atoms with van der Waals surface area (Å²) in [6, 6.07) is 1.57. The highest BCUT2D eigenvalue weighted by molar-refractivity contribution is 7.89. The Kier molecular flexibility index (Phi) is 4.45. The number of carboxylic acids is 1. The fourth-order valence-electron chi connectivity index (χ4n) is 1.97. The van der Waals surface area contributed by atoms with E-state index < -0.39 is 38.2 Å². The summed E-state index contributed by atoms with van der Waals surface area (Å²) in [4.78, 5) is 10.2. The molecule has 2 rings (SSSR count). The molecule has 0 unspecified atom stereocenters. The van der Waals surface area contributed by atoms with Gasteiger partial charge in [-0.25, -0.2) is 13.2 Å². The van der Waals surface area contributed by atoms with Gasteiger partial charge in [-0.2, -0.15) is 17.5 Å². The fourth-order valence-corrected chi connectivity index (χ4v) is 3.45. The third kappa shape index (κ3) is 3.39. The predicted octanol–water partition coefficient (Wildman–Crippen LogP) is 1.42. The molecule has 0 bridgehead atoms. The molecule has 1 aliphatic rings. The minimum absolute atomic E-state index is 0.000976. The molecule has 0 atom stereocenters. The summed E-state index contributed by atoms with van der Waals surface area (Å²) in [5.74, 6) is -1.63. The first kappa shape index (κ1) is 16.7. The van der Waals surface area contributed by atoms with Gasteiger partial charge >= 0.3 is 12.1 Å². The van der Waals surface area contributed by atoms with Crippen molar-refractivity contribution in [3.05, 3.63) is 29.3 Å². The number of halogens is 3. The zero-order chi connectivity index (χ0) is 16.5. The van der Waals surface area contributed by atoms with E-state index in [1.165, 1.54) is 0 Å². The molecule has 6 nitrogen and oxygen atoms in total. The van der Waals surface area contributed by atoms with Crippen LogP contribution in [0.4, 0.5) is 13.2 Å². The second-order valence-electron chi connectivity index (χ2n) is 4.57. The molecular formula is C12H12F3NO5S. The van der Waals surface area contributed by atoms with E-state index in [4.69, 9.17) is 9.84 Å². The van der Waals surface area contributed by atoms with Crippen molar-refractivity contribution in [2.24, 2.45) is 0 Å². The number of nitrogens with zero attached hydrogens (tertiary/aromatic N) is 1. The summed E-state index contributed by atoms with van der Waals surface area (Å²) in [5, 5.41) is 8.88. The Morgan fingerprint density at radius 2 is 1.77 bits per heavy atom. The second kappa shape index (κ2) is 5.86. The molecule has 122 valence electrons. The Labute approximate surface area is 124 Å². The average molecular weight is 339 g/mol. The standard InChI is InChI=1S/C12H12F3NO5S/c13-12(14,15)9-5-8(11(17)18)6-10(7-9)22(19,20)16-1-3-21-4-2-16/h5-7H,1-4H2,(H,17,18). The van der Waals surface area contributed by atoms with Crippen LogP contribution in [0.5, 0.6) is 0 Å². The summed E-state index contributed by atoms with van der Waals surface area (Å²) in [5.41, 5.74) is -2.05. The topological polar surface area (TPSA) is 83.9 Å². The van der Waals surface area contributed by atoms with Crippen LogP contribution in [0.25, 0.3) is 0 Å². The zero-order valence-electron chi connectivity index (χ0n) is 11.1. The largest absolute Gasteiger partial charge is 0.478 e. The summed E-state index contributed by atoms with van der Waals surface area (Å²) in [6.45, 7) is 0.260. The van der Waals surface area contributed by atoms with E-state index in [2.05, 4.69) is 0 Å². The highest BCUT2D eigenvalue weighted by atomic mass is 32.2. The van der Waals surface area contributed by atoms with Gasteiger partial charge in [0.05, 0.1) is 29.2 Å². The van der Waals surface area contributed by atoms with E-state index in [1.54, 1.807) is 0 Å². The second-order valence-corrected chi connectivity index (χ2v) is 6.50. The van der Waals surface area contributed by atoms with Crippen molar-refractivity contribution in [1.82, 2.24) is 4.31 Å². The van der Waals surface area contributed by atoms with Crippen LogP contribution in [0.15, 0.2) is 23.1 Å². The van der Waals surface area contributed by atoms with Gasteiger partial charge in [-0.05, 0) is 18.2 Å². The summed E-state index contributed by atoms with van der Waals surface area (Å²) >= 11 is 0. The first-order chi connectivity index (χ1) is 10.1. The molecule has 1 fully saturated rings. The number of rotatable bonds is 3. The van der Waals surface area contributed by atoms with Crippen LogP contribution >= 0.6 is 0 Å². The molecule has 0 aliphatic carbocycles. The lowest BCUT2D eigenvalue weighted by molar-refractivity contribution is -0.137. The van der Waals surface area contributed by atoms with Crippen LogP contribution in [0, 0.1) is 0 Å². The van der Waals surface area contributed by atoms with Crippen LogP contribution in [-0.2, 0) is 20.9 Å². The van der Waals surface area contributed by atoms with E-state index >= 15 is 0 Å². The van der Waals surface area contributed by atoms with E-state index in [0.29, 0.717) is 12.1 Å². The number of aromatic carboxylic acids is 1. The number of ether oxygens (including phenoxy) is 1. The number of carbonyl (C=O) groups is 1. The smallest absolute Gasteiger partial charge is 0.416 e. The van der Waals surface area contributed by atoms with Crippen molar-refractivity contribution in [2.75, 3.05) is 26.3 Å². The Morgan fingerprint density at radius 3 is 2.27 bits per heavy atom. The maximum Gasteiger partial charge on any atom is 0.416 e. The monoisotopic (exact) mass is 339 g/mol. The van der Waals surface area contributed by atoms with Crippen LogP contribution in [0.2, 0.25) is 0 Å². The minimum atomic E-state index is -4.85. The molecule has 1 N–H and O–H groups in total. The van der Waals surface area contributed by atoms with Crippen molar-refractivity contribution in [3.63, 3.8) is 0 Å². The number of hydrogen-bond donors (Lipinski definition) is 1. The molecule has 0 aromatic heterocycles. The van der Waals surface area contributed by atoms with Crippen molar-refractivity contribution in [3.8, 4) is 0 Å². The van der Waals surface area contributed by atoms with Gasteiger partial charge in [0.1, 0.15) is 0 Å². The Morgan fingerprint density at radius 1 is 1.18 bits per heavy atom. The van der Waals surface area contributed by atoms with E-state index in [0.717, 1.165) is 10.4 Å². The quantitative estimate of drug-likeness (QED) is 0.900. The number of alkyl halides is 3. The van der Waals surface area contributed by atoms with Gasteiger partial charge in [-0.15, -0.1) is 0 Å². The normalized spacial score (nSPS) is 17.4. The van der Waals surface area contributed by atoms with Crippen molar-refractivity contribution in [2.45, 2.75) is 11.1 Å². The molecule has 1 saturated heterocycles. The zero-order valence-corrected chi connectivity index (χ0v) is 11.9. The van der Waals surface area contributed by atoms with E-state index in [1.807, 2.05) is 0 Å². The van der Waals surface area contributed by atoms with Crippen LogP contribution in [-0.4, -0.2) is 50.1 Å². The molecule has 1 aliphatic heterocycles. The van der Waals surface area contributed by atoms with E-state index in [-0.39, 0.29) is 26.3 Å². The van der Waals surface area contributed by atoms with Gasteiger partial charge in [0.25, 0.3) is 0 Å². The molecule has 10 heteroatoms. The molecule has 0 saturated carbocycles. The first-order valence-electron chi connectivity index (χ1n) is 6.16. The maximum absolute atomic E-state index is 12.8. The molecule has 0 spiro atoms. The van der Waals surface area contributed by atoms with Gasteiger partial charge in [0.15, 0.2) is 0 Å². The number of morpholine rings is 1. The highest BCUT2D eigenvalue weighted by Gasteiger charge is 2.35. The summed E-state index contributed by atoms with van der Waals surface area (Å²) in [7, 11) is -4.21. The third-order valence-corrected chi connectivity index (χ3v) is 4.97. The van der Waals surface area contributed by atoms with Crippen molar-refractivity contribution in [1.29, 1.82) is 0 Å². The molecule has 0 radical (unpaired) electrons. The lowest BCUT2D eigenvalue weighted by Crippen LogP contribution is -2.40. The predicted molar refractivity (Wildman–Crippen MR) is 68.0 cm³/mol. The van der Waals surface area contributed by atoms with Crippen LogP contribution in [0.3, 0.4) is 0 Å².